The van der Waals surface area contributed by atoms with E-state index in [1.807, 2.05) is 18.2 Å². The minimum absolute atomic E-state index is 0.102. The monoisotopic (exact) mass is 230 g/mol. The minimum atomic E-state index is 0.102. The molecule has 0 bridgehead atoms. The molecule has 0 saturated carbocycles. The molecule has 0 radical (unpaired) electrons. The quantitative estimate of drug-likeness (QED) is 0.867. The summed E-state index contributed by atoms with van der Waals surface area (Å²) in [6.07, 6.45) is 3.75. The second-order valence-corrected chi connectivity index (χ2v) is 4.49. The van der Waals surface area contributed by atoms with Crippen molar-refractivity contribution >= 4 is 0 Å². The lowest BCUT2D eigenvalue weighted by atomic mass is 10.0. The predicted molar refractivity (Wildman–Crippen MR) is 66.9 cm³/mol. The standard InChI is InChI=1S/C14H18N2O/c1-11(13-7-4-5-9-16-13)17-14-8-3-2-6-12(14)10-15/h2-3,6,8,11,13,16H,4-5,7,9H2,1H3. The van der Waals surface area contributed by atoms with Gasteiger partial charge in [-0.1, -0.05) is 18.6 Å². The number of nitrogens with zero attached hydrogens (tertiary/aromatic N) is 1. The van der Waals surface area contributed by atoms with Gasteiger partial charge in [0.15, 0.2) is 0 Å². The van der Waals surface area contributed by atoms with Crippen LogP contribution in [0.15, 0.2) is 24.3 Å². The number of hydrogen-bond donors (Lipinski definition) is 1. The van der Waals surface area contributed by atoms with Crippen LogP contribution in [0, 0.1) is 11.3 Å². The summed E-state index contributed by atoms with van der Waals surface area (Å²) < 4.78 is 5.89. The van der Waals surface area contributed by atoms with Gasteiger partial charge in [-0.15, -0.1) is 0 Å². The molecule has 2 unspecified atom stereocenters. The van der Waals surface area contributed by atoms with Gasteiger partial charge in [0.2, 0.25) is 0 Å². The predicted octanol–water partition coefficient (Wildman–Crippen LogP) is 2.47. The molecular weight excluding hydrogens is 212 g/mol. The highest BCUT2D eigenvalue weighted by Gasteiger charge is 2.21. The Bertz CT molecular complexity index is 405. The molecule has 3 nitrogen and oxygen atoms in total. The first-order chi connectivity index (χ1) is 8.31. The fourth-order valence-corrected chi connectivity index (χ4v) is 2.22. The van der Waals surface area contributed by atoms with Crippen molar-refractivity contribution in [2.24, 2.45) is 0 Å². The van der Waals surface area contributed by atoms with Crippen molar-refractivity contribution in [3.8, 4) is 11.8 Å². The van der Waals surface area contributed by atoms with Crippen LogP contribution >= 0.6 is 0 Å². The van der Waals surface area contributed by atoms with Crippen LogP contribution in [-0.2, 0) is 0 Å². The molecule has 1 saturated heterocycles. The molecule has 90 valence electrons. The highest BCUT2D eigenvalue weighted by Crippen LogP contribution is 2.21. The first-order valence-corrected chi connectivity index (χ1v) is 6.20. The van der Waals surface area contributed by atoms with E-state index in [4.69, 9.17) is 10.00 Å². The van der Waals surface area contributed by atoms with Crippen molar-refractivity contribution in [2.45, 2.75) is 38.3 Å². The van der Waals surface area contributed by atoms with Gasteiger partial charge >= 0.3 is 0 Å². The number of hydrogen-bond acceptors (Lipinski definition) is 3. The molecule has 1 aliphatic rings. The van der Waals surface area contributed by atoms with Crippen molar-refractivity contribution in [2.75, 3.05) is 6.54 Å². The number of piperidine rings is 1. The van der Waals surface area contributed by atoms with E-state index in [-0.39, 0.29) is 6.10 Å². The Kier molecular flexibility index (Phi) is 4.00. The Hall–Kier alpha value is -1.53. The fourth-order valence-electron chi connectivity index (χ4n) is 2.22. The van der Waals surface area contributed by atoms with E-state index in [1.165, 1.54) is 12.8 Å². The first-order valence-electron chi connectivity index (χ1n) is 6.20. The van der Waals surface area contributed by atoms with Gasteiger partial charge in [-0.3, -0.25) is 0 Å². The molecular formula is C14H18N2O. The van der Waals surface area contributed by atoms with E-state index in [0.29, 0.717) is 17.4 Å². The SMILES string of the molecule is CC(Oc1ccccc1C#N)C1CCCCN1. The molecule has 0 spiro atoms. The number of nitriles is 1. The molecule has 0 aromatic heterocycles. The molecule has 1 heterocycles. The first kappa shape index (κ1) is 11.9. The lowest BCUT2D eigenvalue weighted by molar-refractivity contribution is 0.152. The number of para-hydroxylation sites is 1. The second-order valence-electron chi connectivity index (χ2n) is 4.49. The van der Waals surface area contributed by atoms with Crippen molar-refractivity contribution in [1.82, 2.24) is 5.32 Å². The molecule has 3 heteroatoms. The number of nitrogens with one attached hydrogen (secondary N) is 1. The van der Waals surface area contributed by atoms with Crippen molar-refractivity contribution in [1.29, 1.82) is 5.26 Å². The maximum absolute atomic E-state index is 9.00. The van der Waals surface area contributed by atoms with Crippen LogP contribution in [0.2, 0.25) is 0 Å². The molecule has 1 aliphatic heterocycles. The molecule has 2 atom stereocenters. The Labute approximate surface area is 102 Å². The number of rotatable bonds is 3. The average Bonchev–Trinajstić information content (AvgIpc) is 2.40. The summed E-state index contributed by atoms with van der Waals surface area (Å²) in [5, 5.41) is 12.5. The largest absolute Gasteiger partial charge is 0.488 e. The third-order valence-corrected chi connectivity index (χ3v) is 3.24. The summed E-state index contributed by atoms with van der Waals surface area (Å²) in [6.45, 7) is 3.13. The zero-order valence-corrected chi connectivity index (χ0v) is 10.1. The Morgan fingerprint density at radius 1 is 1.41 bits per heavy atom. The number of benzene rings is 1. The Morgan fingerprint density at radius 2 is 2.24 bits per heavy atom. The summed E-state index contributed by atoms with van der Waals surface area (Å²) in [5.74, 6) is 0.690. The summed E-state index contributed by atoms with van der Waals surface area (Å²) in [5.41, 5.74) is 0.607. The van der Waals surface area contributed by atoms with Gasteiger partial charge < -0.3 is 10.1 Å². The normalized spacial score (nSPS) is 21.5. The van der Waals surface area contributed by atoms with Crippen molar-refractivity contribution in [3.05, 3.63) is 29.8 Å². The van der Waals surface area contributed by atoms with Gasteiger partial charge in [0, 0.05) is 6.04 Å². The van der Waals surface area contributed by atoms with Gasteiger partial charge in [-0.2, -0.15) is 5.26 Å². The van der Waals surface area contributed by atoms with E-state index in [9.17, 15) is 0 Å². The van der Waals surface area contributed by atoms with Crippen LogP contribution in [0.1, 0.15) is 31.7 Å². The molecule has 0 amide bonds. The molecule has 17 heavy (non-hydrogen) atoms. The zero-order valence-electron chi connectivity index (χ0n) is 10.1. The smallest absolute Gasteiger partial charge is 0.137 e. The van der Waals surface area contributed by atoms with Crippen LogP contribution in [0.3, 0.4) is 0 Å². The highest BCUT2D eigenvalue weighted by atomic mass is 16.5. The summed E-state index contributed by atoms with van der Waals surface area (Å²) in [6, 6.07) is 9.96. The number of ether oxygens (including phenoxy) is 1. The van der Waals surface area contributed by atoms with Gasteiger partial charge in [-0.05, 0) is 38.4 Å². The average molecular weight is 230 g/mol. The minimum Gasteiger partial charge on any atom is -0.488 e. The summed E-state index contributed by atoms with van der Waals surface area (Å²) in [4.78, 5) is 0. The van der Waals surface area contributed by atoms with Crippen LogP contribution in [0.25, 0.3) is 0 Å². The van der Waals surface area contributed by atoms with E-state index in [0.717, 1.165) is 13.0 Å². The van der Waals surface area contributed by atoms with E-state index >= 15 is 0 Å². The van der Waals surface area contributed by atoms with E-state index < -0.39 is 0 Å². The van der Waals surface area contributed by atoms with Crippen LogP contribution in [0.4, 0.5) is 0 Å². The maximum atomic E-state index is 9.00. The third kappa shape index (κ3) is 2.98. The Morgan fingerprint density at radius 3 is 2.94 bits per heavy atom. The zero-order chi connectivity index (χ0) is 12.1. The molecule has 1 fully saturated rings. The maximum Gasteiger partial charge on any atom is 0.137 e. The molecule has 2 rings (SSSR count). The van der Waals surface area contributed by atoms with Crippen molar-refractivity contribution < 1.29 is 4.74 Å². The van der Waals surface area contributed by atoms with E-state index in [2.05, 4.69) is 18.3 Å². The third-order valence-electron chi connectivity index (χ3n) is 3.24. The topological polar surface area (TPSA) is 45.0 Å². The lowest BCUT2D eigenvalue weighted by Crippen LogP contribution is -2.44. The Balaban J connectivity index is 2.02. The molecule has 0 aliphatic carbocycles. The van der Waals surface area contributed by atoms with Gasteiger partial charge in [-0.25, -0.2) is 0 Å². The second kappa shape index (κ2) is 5.70. The van der Waals surface area contributed by atoms with Gasteiger partial charge in [0.05, 0.1) is 5.56 Å². The molecule has 1 aromatic carbocycles. The van der Waals surface area contributed by atoms with Crippen LogP contribution < -0.4 is 10.1 Å². The van der Waals surface area contributed by atoms with E-state index in [1.54, 1.807) is 6.07 Å². The summed E-state index contributed by atoms with van der Waals surface area (Å²) >= 11 is 0. The molecule has 1 N–H and O–H groups in total. The fraction of sp³-hybridized carbons (Fsp3) is 0.500. The van der Waals surface area contributed by atoms with Crippen molar-refractivity contribution in [3.63, 3.8) is 0 Å². The molecule has 1 aromatic rings. The van der Waals surface area contributed by atoms with Gasteiger partial charge in [0.25, 0.3) is 0 Å². The van der Waals surface area contributed by atoms with Gasteiger partial charge in [0.1, 0.15) is 17.9 Å². The lowest BCUT2D eigenvalue weighted by Gasteiger charge is -2.29. The summed E-state index contributed by atoms with van der Waals surface area (Å²) in [7, 11) is 0. The highest BCUT2D eigenvalue weighted by molar-refractivity contribution is 5.42. The van der Waals surface area contributed by atoms with Crippen LogP contribution in [-0.4, -0.2) is 18.7 Å². The van der Waals surface area contributed by atoms with Crippen LogP contribution in [0.5, 0.6) is 5.75 Å².